The van der Waals surface area contributed by atoms with E-state index >= 15 is 4.39 Å². The predicted octanol–water partition coefficient (Wildman–Crippen LogP) is 5.14. The van der Waals surface area contributed by atoms with Crippen molar-refractivity contribution >= 4 is 33.7 Å². The minimum atomic E-state index is -0.595. The highest BCUT2D eigenvalue weighted by molar-refractivity contribution is 5.97. The van der Waals surface area contributed by atoms with Crippen LogP contribution in [0.4, 0.5) is 10.1 Å². The number of aromatic nitrogens is 8. The van der Waals surface area contributed by atoms with Gasteiger partial charge in [-0.1, -0.05) is 26.8 Å². The van der Waals surface area contributed by atoms with Crippen molar-refractivity contribution in [2.75, 3.05) is 5.32 Å². The molecule has 6 rings (SSSR count). The molecule has 10 nitrogen and oxygen atoms in total. The molecule has 3 N–H and O–H groups in total. The topological polar surface area (TPSA) is 138 Å². The SMILES string of the molecule is CC(C)(C)C(=O)Nc1cncc(-c2ncc3[nH]nc(-c4nc5nccc(-c6ccccn6)c5[nH]4)c3c2F)c1. The molecule has 0 aromatic carbocycles. The van der Waals surface area contributed by atoms with Crippen LogP contribution in [0.2, 0.25) is 0 Å². The predicted molar refractivity (Wildman–Crippen MR) is 141 cm³/mol. The van der Waals surface area contributed by atoms with Gasteiger partial charge in [0.1, 0.15) is 11.4 Å². The van der Waals surface area contributed by atoms with Gasteiger partial charge in [-0.2, -0.15) is 5.10 Å². The number of hydrogen-bond donors (Lipinski definition) is 3. The number of imidazole rings is 1. The van der Waals surface area contributed by atoms with Gasteiger partial charge >= 0.3 is 0 Å². The zero-order valence-electron chi connectivity index (χ0n) is 20.7. The molecule has 11 heteroatoms. The van der Waals surface area contributed by atoms with Crippen molar-refractivity contribution in [2.24, 2.45) is 5.41 Å². The van der Waals surface area contributed by atoms with Crippen molar-refractivity contribution in [2.45, 2.75) is 20.8 Å². The molecule has 0 spiro atoms. The lowest BCUT2D eigenvalue weighted by atomic mass is 9.95. The maximum absolute atomic E-state index is 16.0. The Balaban J connectivity index is 1.44. The van der Waals surface area contributed by atoms with Gasteiger partial charge in [0.15, 0.2) is 17.3 Å². The number of anilines is 1. The van der Waals surface area contributed by atoms with Gasteiger partial charge in [0.25, 0.3) is 0 Å². The van der Waals surface area contributed by atoms with Crippen LogP contribution in [-0.2, 0) is 4.79 Å². The smallest absolute Gasteiger partial charge is 0.229 e. The number of pyridine rings is 4. The van der Waals surface area contributed by atoms with Crippen LogP contribution in [0.3, 0.4) is 0 Å². The third-order valence-corrected chi connectivity index (χ3v) is 6.05. The second-order valence-electron chi connectivity index (χ2n) is 9.81. The molecule has 0 aliphatic rings. The molecule has 0 radical (unpaired) electrons. The first-order valence-corrected chi connectivity index (χ1v) is 11.9. The summed E-state index contributed by atoms with van der Waals surface area (Å²) in [5.41, 5.74) is 3.72. The normalized spacial score (nSPS) is 11.8. The Kier molecular flexibility index (Phi) is 5.41. The van der Waals surface area contributed by atoms with Crippen LogP contribution in [0.5, 0.6) is 0 Å². The van der Waals surface area contributed by atoms with E-state index in [0.29, 0.717) is 33.8 Å². The summed E-state index contributed by atoms with van der Waals surface area (Å²) in [7, 11) is 0. The van der Waals surface area contributed by atoms with Crippen LogP contribution in [0, 0.1) is 11.2 Å². The third kappa shape index (κ3) is 4.03. The number of aromatic amines is 2. The van der Waals surface area contributed by atoms with Gasteiger partial charge in [-0.05, 0) is 24.3 Å². The summed E-state index contributed by atoms with van der Waals surface area (Å²) in [4.78, 5) is 37.5. The first-order valence-electron chi connectivity index (χ1n) is 11.9. The van der Waals surface area contributed by atoms with Gasteiger partial charge in [0, 0.05) is 35.1 Å². The van der Waals surface area contributed by atoms with E-state index in [1.807, 2.05) is 45.0 Å². The molecule has 1 amide bonds. The van der Waals surface area contributed by atoms with Crippen LogP contribution >= 0.6 is 0 Å². The van der Waals surface area contributed by atoms with Crippen LogP contribution in [0.1, 0.15) is 20.8 Å². The summed E-state index contributed by atoms with van der Waals surface area (Å²) >= 11 is 0. The fourth-order valence-electron chi connectivity index (χ4n) is 4.06. The molecule has 6 aromatic heterocycles. The summed E-state index contributed by atoms with van der Waals surface area (Å²) in [5, 5.41) is 10.2. The molecule has 0 atom stereocenters. The second-order valence-corrected chi connectivity index (χ2v) is 9.81. The van der Waals surface area contributed by atoms with E-state index < -0.39 is 11.2 Å². The Morgan fingerprint density at radius 3 is 2.66 bits per heavy atom. The molecule has 6 aromatic rings. The van der Waals surface area contributed by atoms with E-state index in [1.165, 1.54) is 18.6 Å². The van der Waals surface area contributed by atoms with Crippen molar-refractivity contribution in [3.63, 3.8) is 0 Å². The van der Waals surface area contributed by atoms with E-state index in [-0.39, 0.29) is 22.7 Å². The second kappa shape index (κ2) is 8.80. The number of nitrogens with zero attached hydrogens (tertiary/aromatic N) is 6. The average molecular weight is 508 g/mol. The highest BCUT2D eigenvalue weighted by Gasteiger charge is 2.23. The average Bonchev–Trinajstić information content (AvgIpc) is 3.54. The number of amides is 1. The van der Waals surface area contributed by atoms with Crippen LogP contribution < -0.4 is 5.32 Å². The third-order valence-electron chi connectivity index (χ3n) is 6.05. The molecule has 0 unspecified atom stereocenters. The molecular weight excluding hydrogens is 485 g/mol. The number of H-pyrrole nitrogens is 2. The van der Waals surface area contributed by atoms with Crippen LogP contribution in [0.15, 0.2) is 61.3 Å². The molecule has 0 aliphatic carbocycles. The number of nitrogens with one attached hydrogen (secondary N) is 3. The molecular formula is C27H22FN9O. The molecule has 0 fully saturated rings. The minimum absolute atomic E-state index is 0.0721. The summed E-state index contributed by atoms with van der Waals surface area (Å²) < 4.78 is 16.0. The zero-order chi connectivity index (χ0) is 26.4. The van der Waals surface area contributed by atoms with Gasteiger partial charge in [-0.25, -0.2) is 14.4 Å². The number of rotatable bonds is 4. The van der Waals surface area contributed by atoms with Crippen molar-refractivity contribution in [1.29, 1.82) is 0 Å². The first-order chi connectivity index (χ1) is 18.3. The summed E-state index contributed by atoms with van der Waals surface area (Å²) in [5.74, 6) is -0.422. The van der Waals surface area contributed by atoms with Crippen LogP contribution in [-0.4, -0.2) is 46.0 Å². The van der Waals surface area contributed by atoms with Crippen molar-refractivity contribution < 1.29 is 9.18 Å². The molecule has 6 heterocycles. The van der Waals surface area contributed by atoms with Gasteiger partial charge in [0.05, 0.1) is 40.2 Å². The monoisotopic (exact) mass is 507 g/mol. The van der Waals surface area contributed by atoms with Gasteiger partial charge < -0.3 is 10.3 Å². The molecule has 0 saturated heterocycles. The van der Waals surface area contributed by atoms with Gasteiger partial charge in [-0.3, -0.25) is 24.8 Å². The van der Waals surface area contributed by atoms with Crippen molar-refractivity contribution in [3.05, 3.63) is 67.1 Å². The van der Waals surface area contributed by atoms with Crippen molar-refractivity contribution in [3.8, 4) is 34.0 Å². The Labute approximate surface area is 215 Å². The quantitative estimate of drug-likeness (QED) is 0.300. The molecule has 0 aliphatic heterocycles. The molecule has 0 saturated carbocycles. The van der Waals surface area contributed by atoms with E-state index in [9.17, 15) is 4.79 Å². The fraction of sp³-hybridized carbons (Fsp3) is 0.148. The molecule has 188 valence electrons. The van der Waals surface area contributed by atoms with E-state index in [2.05, 4.69) is 45.4 Å². The Bertz CT molecular complexity index is 1820. The Hall–Kier alpha value is -5.06. The summed E-state index contributed by atoms with van der Waals surface area (Å²) in [6.45, 7) is 5.42. The largest absolute Gasteiger partial charge is 0.335 e. The van der Waals surface area contributed by atoms with Crippen molar-refractivity contribution in [1.82, 2.24) is 40.1 Å². The maximum atomic E-state index is 16.0. The fourth-order valence-corrected chi connectivity index (χ4v) is 4.06. The Morgan fingerprint density at radius 2 is 1.87 bits per heavy atom. The number of fused-ring (bicyclic) bond motifs is 2. The first kappa shape index (κ1) is 23.3. The van der Waals surface area contributed by atoms with Crippen LogP contribution in [0.25, 0.3) is 56.1 Å². The zero-order valence-corrected chi connectivity index (χ0v) is 20.7. The summed E-state index contributed by atoms with van der Waals surface area (Å²) in [6.07, 6.45) is 7.87. The Morgan fingerprint density at radius 1 is 1.00 bits per heavy atom. The minimum Gasteiger partial charge on any atom is -0.335 e. The highest BCUT2D eigenvalue weighted by atomic mass is 19.1. The summed E-state index contributed by atoms with van der Waals surface area (Å²) in [6, 6.07) is 9.11. The van der Waals surface area contributed by atoms with E-state index in [0.717, 1.165) is 11.3 Å². The highest BCUT2D eigenvalue weighted by Crippen LogP contribution is 2.34. The van der Waals surface area contributed by atoms with Gasteiger partial charge in [0.2, 0.25) is 5.91 Å². The number of hydrogen-bond acceptors (Lipinski definition) is 7. The standard InChI is InChI=1S/C27H22FN9O/c1-27(2,3)26(38)33-15-10-14(11-29-12-15)21-20(28)19-18(13-32-21)36-37-23(19)25-34-22-16(7-9-31-24(22)35-25)17-6-4-5-8-30-17/h4-13H,1-3H3,(H,33,38)(H,36,37)(H,31,34,35). The van der Waals surface area contributed by atoms with E-state index in [4.69, 9.17) is 0 Å². The molecule has 0 bridgehead atoms. The maximum Gasteiger partial charge on any atom is 0.229 e. The number of halogens is 1. The molecule has 38 heavy (non-hydrogen) atoms. The lowest BCUT2D eigenvalue weighted by Gasteiger charge is -2.17. The lowest BCUT2D eigenvalue weighted by Crippen LogP contribution is -2.27. The van der Waals surface area contributed by atoms with E-state index in [1.54, 1.807) is 18.5 Å². The lowest BCUT2D eigenvalue weighted by molar-refractivity contribution is -0.123. The number of carbonyl (C=O) groups is 1. The van der Waals surface area contributed by atoms with Gasteiger partial charge in [-0.15, -0.1) is 0 Å². The number of carbonyl (C=O) groups excluding carboxylic acids is 1.